The van der Waals surface area contributed by atoms with Crippen LogP contribution in [0, 0.1) is 10.8 Å². The zero-order valence-corrected chi connectivity index (χ0v) is 20.6. The van der Waals surface area contributed by atoms with Gasteiger partial charge in [0.2, 0.25) is 0 Å². The molecule has 0 atom stereocenters. The molecule has 23 heavy (non-hydrogen) atoms. The van der Waals surface area contributed by atoms with Gasteiger partial charge in [0.05, 0.1) is 0 Å². The molecule has 0 aromatic heterocycles. The zero-order chi connectivity index (χ0) is 18.1. The summed E-state index contributed by atoms with van der Waals surface area (Å²) in [5, 5.41) is 0. The van der Waals surface area contributed by atoms with Gasteiger partial charge in [0.25, 0.3) is 0 Å². The number of allylic oxidation sites excluding steroid dienone is 8. The average molecular weight is 525 g/mol. The van der Waals surface area contributed by atoms with Gasteiger partial charge >= 0.3 is 154 Å². The summed E-state index contributed by atoms with van der Waals surface area (Å²) in [6, 6.07) is 0. The Morgan fingerprint density at radius 2 is 0.826 bits per heavy atom. The summed E-state index contributed by atoms with van der Waals surface area (Å²) < 4.78 is 2.71. The summed E-state index contributed by atoms with van der Waals surface area (Å²) in [4.78, 5) is 0. The van der Waals surface area contributed by atoms with Gasteiger partial charge in [-0.1, -0.05) is 0 Å². The van der Waals surface area contributed by atoms with E-state index in [0.29, 0.717) is 0 Å². The summed E-state index contributed by atoms with van der Waals surface area (Å²) in [5.41, 5.74) is 8.22. The molecule has 0 fully saturated rings. The summed E-state index contributed by atoms with van der Waals surface area (Å²) in [6.07, 6.45) is 0. The van der Waals surface area contributed by atoms with Crippen LogP contribution in [0.5, 0.6) is 0 Å². The van der Waals surface area contributed by atoms with Crippen molar-refractivity contribution in [2.75, 3.05) is 0 Å². The fourth-order valence-electron chi connectivity index (χ4n) is 4.25. The van der Waals surface area contributed by atoms with Crippen molar-refractivity contribution in [3.05, 3.63) is 41.4 Å². The first kappa shape index (κ1) is 19.6. The molecule has 0 nitrogen and oxygen atoms in total. The Labute approximate surface area is 153 Å². The maximum atomic E-state index is 7.37. The number of hydrogen-bond acceptors (Lipinski definition) is 0. The van der Waals surface area contributed by atoms with Crippen LogP contribution in [-0.2, 0) is 14.0 Å². The fourth-order valence-corrected chi connectivity index (χ4v) is 24.7. The molecule has 0 aliphatic heterocycles. The van der Waals surface area contributed by atoms with Crippen LogP contribution in [0.15, 0.2) is 41.4 Å². The first-order valence-electron chi connectivity index (χ1n) is 8.22. The van der Waals surface area contributed by atoms with Gasteiger partial charge < -0.3 is 0 Å². The average Bonchev–Trinajstić information content (AvgIpc) is 2.66. The number of hydrogen-bond donors (Lipinski definition) is 0. The van der Waals surface area contributed by atoms with Crippen LogP contribution in [0.4, 0.5) is 0 Å². The molecule has 2 aliphatic rings. The molecule has 3 heteroatoms. The summed E-state index contributed by atoms with van der Waals surface area (Å²) in [5.74, 6) is 0. The third kappa shape index (κ3) is 2.51. The van der Waals surface area contributed by atoms with Crippen molar-refractivity contribution < 1.29 is 14.0 Å². The van der Waals surface area contributed by atoms with Crippen LogP contribution in [0.3, 0.4) is 0 Å². The Kier molecular flexibility index (Phi) is 4.78. The summed E-state index contributed by atoms with van der Waals surface area (Å²) in [6.45, 7) is 22.5. The second-order valence-electron chi connectivity index (χ2n) is 8.13. The molecule has 0 bridgehead atoms. The van der Waals surface area contributed by atoms with Crippen molar-refractivity contribution >= 4 is 18.8 Å². The Bertz CT molecular complexity index is 650. The van der Waals surface area contributed by atoms with Gasteiger partial charge in [-0.2, -0.15) is 0 Å². The van der Waals surface area contributed by atoms with Gasteiger partial charge in [0.15, 0.2) is 0 Å². The predicted molar refractivity (Wildman–Crippen MR) is 101 cm³/mol. The van der Waals surface area contributed by atoms with E-state index in [2.05, 4.69) is 69.2 Å². The monoisotopic (exact) mass is 524 g/mol. The van der Waals surface area contributed by atoms with Crippen molar-refractivity contribution in [2.45, 2.75) is 69.2 Å². The van der Waals surface area contributed by atoms with Crippen molar-refractivity contribution in [1.82, 2.24) is 0 Å². The molecule has 0 N–H and O–H groups in total. The molecule has 0 aromatic carbocycles. The molecule has 0 saturated carbocycles. The van der Waals surface area contributed by atoms with Crippen LogP contribution in [-0.4, -0.2) is 0 Å². The molecule has 0 saturated heterocycles. The fraction of sp³-hybridized carbons (Fsp3) is 0.600. The molecule has 2 rings (SSSR count). The van der Waals surface area contributed by atoms with Gasteiger partial charge in [-0.3, -0.25) is 0 Å². The SMILES string of the molecule is CC1=C(C)C(C)(C)[C]([W]([Cl])([Cl])[C]2=C(C)C(C)=C(C)C2(C)C)=C1C. The third-order valence-corrected chi connectivity index (χ3v) is 21.1. The minimum absolute atomic E-state index is 0.0270. The van der Waals surface area contributed by atoms with Crippen molar-refractivity contribution in [3.8, 4) is 0 Å². The molecular weight excluding hydrogens is 495 g/mol. The molecule has 0 amide bonds. The van der Waals surface area contributed by atoms with Gasteiger partial charge in [0.1, 0.15) is 0 Å². The van der Waals surface area contributed by atoms with E-state index >= 15 is 0 Å². The summed E-state index contributed by atoms with van der Waals surface area (Å²) in [7, 11) is 14.7. The van der Waals surface area contributed by atoms with Crippen LogP contribution in [0.25, 0.3) is 0 Å². The van der Waals surface area contributed by atoms with Crippen molar-refractivity contribution in [2.24, 2.45) is 10.8 Å². The van der Waals surface area contributed by atoms with E-state index < -0.39 is 14.0 Å². The topological polar surface area (TPSA) is 0 Å². The Balaban J connectivity index is 2.72. The van der Waals surface area contributed by atoms with Crippen LogP contribution < -0.4 is 0 Å². The second kappa shape index (κ2) is 5.62. The van der Waals surface area contributed by atoms with Crippen LogP contribution in [0.1, 0.15) is 69.2 Å². The molecule has 0 unspecified atom stereocenters. The van der Waals surface area contributed by atoms with Crippen molar-refractivity contribution in [1.29, 1.82) is 0 Å². The minimum atomic E-state index is -3.68. The van der Waals surface area contributed by atoms with Crippen molar-refractivity contribution in [3.63, 3.8) is 0 Å². The summed E-state index contributed by atoms with van der Waals surface area (Å²) >= 11 is -3.68. The standard InChI is InChI=1S/2C10H15.2ClH.W/c2*1-7-6-10(4,5)9(3)8(7)2;;;/h2*1-5H3;2*1H;/q;;;;+2/p-2. The molecular formula is C20H30Cl2W. The molecule has 0 radical (unpaired) electrons. The molecule has 130 valence electrons. The van der Waals surface area contributed by atoms with Gasteiger partial charge in [-0.05, 0) is 0 Å². The van der Waals surface area contributed by atoms with Gasteiger partial charge in [-0.25, -0.2) is 0 Å². The quantitative estimate of drug-likeness (QED) is 0.346. The number of halogens is 2. The zero-order valence-electron chi connectivity index (χ0n) is 16.2. The van der Waals surface area contributed by atoms with Crippen LogP contribution in [0.2, 0.25) is 0 Å². The Hall–Kier alpha value is 0.228. The van der Waals surface area contributed by atoms with E-state index in [4.69, 9.17) is 18.8 Å². The van der Waals surface area contributed by atoms with Gasteiger partial charge in [0, 0.05) is 0 Å². The molecule has 0 heterocycles. The van der Waals surface area contributed by atoms with E-state index in [1.807, 2.05) is 0 Å². The Morgan fingerprint density at radius 3 is 1.00 bits per heavy atom. The second-order valence-corrected chi connectivity index (χ2v) is 23.3. The molecule has 2 aliphatic carbocycles. The maximum absolute atomic E-state index is 7.37. The predicted octanol–water partition coefficient (Wildman–Crippen LogP) is 7.75. The van der Waals surface area contributed by atoms with E-state index in [0.717, 1.165) is 0 Å². The number of rotatable bonds is 2. The van der Waals surface area contributed by atoms with E-state index in [1.165, 1.54) is 41.4 Å². The van der Waals surface area contributed by atoms with E-state index in [1.54, 1.807) is 0 Å². The van der Waals surface area contributed by atoms with Gasteiger partial charge in [-0.15, -0.1) is 0 Å². The van der Waals surface area contributed by atoms with E-state index in [-0.39, 0.29) is 10.8 Å². The molecule has 0 spiro atoms. The third-order valence-electron chi connectivity index (χ3n) is 6.45. The molecule has 0 aromatic rings. The Morgan fingerprint density at radius 1 is 0.565 bits per heavy atom. The van der Waals surface area contributed by atoms with Crippen LogP contribution >= 0.6 is 18.8 Å². The first-order valence-corrected chi connectivity index (χ1v) is 18.4. The normalized spacial score (nSPS) is 25.2. The first-order chi connectivity index (χ1) is 10.2. The van der Waals surface area contributed by atoms with E-state index in [9.17, 15) is 0 Å².